The molecule has 0 spiro atoms. The first-order valence-corrected chi connectivity index (χ1v) is 21.0. The summed E-state index contributed by atoms with van der Waals surface area (Å²) in [5, 5.41) is 4.54. The Morgan fingerprint density at radius 2 is 1.67 bits per heavy atom. The summed E-state index contributed by atoms with van der Waals surface area (Å²) < 4.78 is 11.1. The average molecular weight is 775 g/mol. The lowest BCUT2D eigenvalue weighted by Gasteiger charge is -2.70. The molecule has 292 valence electrons. The van der Waals surface area contributed by atoms with Gasteiger partial charge in [-0.15, -0.1) is 0 Å². The first-order chi connectivity index (χ1) is 25.3. The van der Waals surface area contributed by atoms with E-state index in [1.165, 1.54) is 22.2 Å². The largest absolute Gasteiger partial charge is 0.497 e. The molecular weight excluding hydrogens is 717 g/mol. The molecule has 1 amide bonds. The molecule has 8 nitrogen and oxygen atoms in total. The van der Waals surface area contributed by atoms with Crippen LogP contribution in [0.5, 0.6) is 5.75 Å². The maximum atomic E-state index is 13.6. The molecule has 54 heavy (non-hydrogen) atoms. The molecule has 4 saturated carbocycles. The Hall–Kier alpha value is -2.98. The quantitative estimate of drug-likeness (QED) is 0.0705. The van der Waals surface area contributed by atoms with Crippen LogP contribution in [0.25, 0.3) is 6.08 Å². The summed E-state index contributed by atoms with van der Waals surface area (Å²) in [6, 6.07) is 7.39. The number of allylic oxidation sites excluding steroid dienone is 2. The molecule has 6 aliphatic rings. The summed E-state index contributed by atoms with van der Waals surface area (Å²) in [6.07, 6.45) is 14.2. The van der Waals surface area contributed by atoms with Gasteiger partial charge in [-0.1, -0.05) is 101 Å². The second-order valence-corrected chi connectivity index (χ2v) is 20.8. The number of fused-ring (bicyclic) bond motifs is 7. The topological polar surface area (TPSA) is 94.5 Å². The van der Waals surface area contributed by atoms with E-state index in [0.717, 1.165) is 81.2 Å². The van der Waals surface area contributed by atoms with Gasteiger partial charge in [-0.05, 0) is 127 Å². The lowest BCUT2D eigenvalue weighted by Crippen LogP contribution is -2.64. The van der Waals surface area contributed by atoms with E-state index >= 15 is 0 Å². The van der Waals surface area contributed by atoms with Crippen molar-refractivity contribution < 1.29 is 28.7 Å². The molecule has 1 aromatic rings. The van der Waals surface area contributed by atoms with E-state index in [-0.39, 0.29) is 51.4 Å². The highest BCUT2D eigenvalue weighted by molar-refractivity contribution is 8.26. The van der Waals surface area contributed by atoms with Crippen LogP contribution in [0.4, 0.5) is 0 Å². The van der Waals surface area contributed by atoms with E-state index in [4.69, 9.17) is 26.5 Å². The number of carbonyl (C=O) groups is 3. The minimum Gasteiger partial charge on any atom is -0.497 e. The van der Waals surface area contributed by atoms with Gasteiger partial charge in [-0.2, -0.15) is 0 Å². The van der Waals surface area contributed by atoms with Crippen molar-refractivity contribution in [2.75, 3.05) is 20.8 Å². The van der Waals surface area contributed by atoms with Gasteiger partial charge in [0.05, 0.1) is 30.3 Å². The Kier molecular flexibility index (Phi) is 9.89. The molecule has 1 heterocycles. The number of methoxy groups -OCH3 is 2. The zero-order chi connectivity index (χ0) is 39.1. The molecule has 0 aromatic heterocycles. The van der Waals surface area contributed by atoms with Crippen molar-refractivity contribution in [1.29, 1.82) is 0 Å². The molecule has 5 aliphatic carbocycles. The van der Waals surface area contributed by atoms with E-state index in [2.05, 4.69) is 59.7 Å². The highest BCUT2D eigenvalue weighted by Gasteiger charge is 2.69. The van der Waals surface area contributed by atoms with Gasteiger partial charge in [0.2, 0.25) is 0 Å². The lowest BCUT2D eigenvalue weighted by atomic mass is 9.33. The molecule has 0 N–H and O–H groups in total. The van der Waals surface area contributed by atoms with Crippen LogP contribution in [0.3, 0.4) is 0 Å². The highest BCUT2D eigenvalue weighted by Crippen LogP contribution is 2.75. The summed E-state index contributed by atoms with van der Waals surface area (Å²) in [5.74, 6) is 0.894. The Morgan fingerprint density at radius 3 is 2.35 bits per heavy atom. The van der Waals surface area contributed by atoms with Gasteiger partial charge in [0.15, 0.2) is 0 Å². The standard InChI is InChI=1S/C44H58N2O6S2/c1-39(2)20-22-44(37(49)51-9)23-21-42(6)29(30(44)25-39)14-15-33-41(5)18-17-34(40(3,4)32(41)16-19-43(33,42)7)45-52-35(47)26-46-36(48)31(54-38(46)53)24-27-10-12-28(50-8)13-11-27/h10-14,24,30,32-33H,15-23,25-26H2,1-9H3/b31-24-,45-34-/t30-,32+,33-,41+,42-,43-,44+/m1/s1. The number of oxime groups is 1. The molecular formula is C44H58N2O6S2. The van der Waals surface area contributed by atoms with Crippen LogP contribution in [0.15, 0.2) is 46.0 Å². The van der Waals surface area contributed by atoms with E-state index in [9.17, 15) is 14.4 Å². The summed E-state index contributed by atoms with van der Waals surface area (Å²) >= 11 is 6.67. The fraction of sp³-hybridized carbons (Fsp3) is 0.659. The number of thioether (sulfide) groups is 1. The molecule has 5 fully saturated rings. The van der Waals surface area contributed by atoms with E-state index < -0.39 is 11.4 Å². The number of hydrogen-bond donors (Lipinski definition) is 0. The second kappa shape index (κ2) is 13.6. The van der Waals surface area contributed by atoms with Crippen molar-refractivity contribution in [3.8, 4) is 5.75 Å². The Balaban J connectivity index is 1.07. The third-order valence-corrected chi connectivity index (χ3v) is 17.2. The fourth-order valence-corrected chi connectivity index (χ4v) is 13.8. The molecule has 0 unspecified atom stereocenters. The Morgan fingerprint density at radius 1 is 0.963 bits per heavy atom. The van der Waals surface area contributed by atoms with Gasteiger partial charge in [-0.25, -0.2) is 4.79 Å². The number of rotatable bonds is 6. The number of thiocarbonyl (C=S) groups is 1. The normalized spacial score (nSPS) is 38.1. The predicted molar refractivity (Wildman–Crippen MR) is 217 cm³/mol. The van der Waals surface area contributed by atoms with Crippen molar-refractivity contribution >= 4 is 57.9 Å². The van der Waals surface area contributed by atoms with Crippen molar-refractivity contribution in [2.45, 2.75) is 113 Å². The van der Waals surface area contributed by atoms with Gasteiger partial charge >= 0.3 is 11.9 Å². The minimum atomic E-state index is -0.603. The van der Waals surface area contributed by atoms with Gasteiger partial charge in [0.25, 0.3) is 5.91 Å². The summed E-state index contributed by atoms with van der Waals surface area (Å²) in [7, 11) is 3.18. The average Bonchev–Trinajstić information content (AvgIpc) is 3.38. The smallest absolute Gasteiger partial charge is 0.354 e. The zero-order valence-electron chi connectivity index (χ0n) is 33.6. The maximum Gasteiger partial charge on any atom is 0.354 e. The molecule has 7 atom stereocenters. The molecule has 0 bridgehead atoms. The molecule has 1 saturated heterocycles. The maximum absolute atomic E-state index is 13.6. The summed E-state index contributed by atoms with van der Waals surface area (Å²) in [4.78, 5) is 47.4. The van der Waals surface area contributed by atoms with Crippen molar-refractivity contribution in [1.82, 2.24) is 4.90 Å². The lowest BCUT2D eigenvalue weighted by molar-refractivity contribution is -0.181. The van der Waals surface area contributed by atoms with Crippen LogP contribution < -0.4 is 4.74 Å². The van der Waals surface area contributed by atoms with Crippen LogP contribution in [-0.4, -0.2) is 53.5 Å². The third-order valence-electron chi connectivity index (χ3n) is 15.8. The highest BCUT2D eigenvalue weighted by atomic mass is 32.2. The molecule has 0 radical (unpaired) electrons. The van der Waals surface area contributed by atoms with Crippen LogP contribution in [0.1, 0.15) is 118 Å². The summed E-state index contributed by atoms with van der Waals surface area (Å²) in [5.41, 5.74) is 3.00. The number of benzene rings is 1. The van der Waals surface area contributed by atoms with E-state index in [1.807, 2.05) is 24.3 Å². The number of ether oxygens (including phenoxy) is 2. The number of esters is 1. The SMILES string of the molecule is COC(=O)[C@]12CCC(C)(C)C[C@@H]1C1=CC[C@@H]3[C@@]4(C)CC/C(=N/OC(=O)CN5C(=O)/C(=C/c6ccc(OC)cc6)SC5=S)C(C)(C)[C@@H]4CC[C@@]3(C)[C@]1(C)CC2. The van der Waals surface area contributed by atoms with Gasteiger partial charge < -0.3 is 14.3 Å². The number of carbonyl (C=O) groups excluding carboxylic acids is 3. The van der Waals surface area contributed by atoms with Crippen LogP contribution in [0.2, 0.25) is 0 Å². The molecule has 1 aliphatic heterocycles. The second-order valence-electron chi connectivity index (χ2n) is 19.1. The first kappa shape index (κ1) is 39.3. The fourth-order valence-electron chi connectivity index (χ4n) is 12.5. The predicted octanol–water partition coefficient (Wildman–Crippen LogP) is 9.77. The zero-order valence-corrected chi connectivity index (χ0v) is 35.3. The first-order valence-electron chi connectivity index (χ1n) is 19.8. The van der Waals surface area contributed by atoms with Crippen LogP contribution in [-0.2, 0) is 24.0 Å². The molecule has 1 aromatic carbocycles. The summed E-state index contributed by atoms with van der Waals surface area (Å²) in [6.45, 7) is 16.6. The van der Waals surface area contributed by atoms with Crippen molar-refractivity contribution in [3.63, 3.8) is 0 Å². The molecule has 7 rings (SSSR count). The van der Waals surface area contributed by atoms with Gasteiger partial charge in [-0.3, -0.25) is 14.5 Å². The number of amides is 1. The molecule has 10 heteroatoms. The minimum absolute atomic E-state index is 0.00427. The van der Waals surface area contributed by atoms with E-state index in [1.54, 1.807) is 20.3 Å². The number of nitrogens with zero attached hydrogens (tertiary/aromatic N) is 2. The third kappa shape index (κ3) is 6.02. The van der Waals surface area contributed by atoms with Crippen LogP contribution in [0, 0.1) is 50.2 Å². The van der Waals surface area contributed by atoms with Crippen LogP contribution >= 0.6 is 24.0 Å². The monoisotopic (exact) mass is 774 g/mol. The van der Waals surface area contributed by atoms with Gasteiger partial charge in [0, 0.05) is 5.41 Å². The van der Waals surface area contributed by atoms with Gasteiger partial charge in [0.1, 0.15) is 16.6 Å². The van der Waals surface area contributed by atoms with Crippen molar-refractivity contribution in [3.05, 3.63) is 46.4 Å². The number of hydrogen-bond acceptors (Lipinski definition) is 9. The Labute approximate surface area is 331 Å². The van der Waals surface area contributed by atoms with E-state index in [0.29, 0.717) is 21.1 Å². The Bertz CT molecular complexity index is 1850. The van der Waals surface area contributed by atoms with Crippen molar-refractivity contribution in [2.24, 2.45) is 55.4 Å².